The molecule has 0 aromatic rings. The number of carboxylic acids is 1. The van der Waals surface area contributed by atoms with Crippen LogP contribution in [0.25, 0.3) is 0 Å². The minimum absolute atomic E-state index is 0.00335. The molecule has 0 aromatic heterocycles. The van der Waals surface area contributed by atoms with E-state index in [1.54, 1.807) is 0 Å². The Balaban J connectivity index is 5.35. The Bertz CT molecular complexity index is 701. The topological polar surface area (TPSA) is 240 Å². The molecule has 0 bridgehead atoms. The summed E-state index contributed by atoms with van der Waals surface area (Å²) in [7, 11) is 0. The Kier molecular flexibility index (Phi) is 14.7. The predicted octanol–water partition coefficient (Wildman–Crippen LogP) is -2.33. The van der Waals surface area contributed by atoms with Crippen LogP contribution in [0.3, 0.4) is 0 Å². The first-order valence-corrected chi connectivity index (χ1v) is 11.4. The lowest BCUT2D eigenvalue weighted by Crippen LogP contribution is -2.60. The molecule has 4 amide bonds. The maximum Gasteiger partial charge on any atom is 0.326 e. The second-order valence-corrected chi connectivity index (χ2v) is 8.71. The zero-order valence-electron chi connectivity index (χ0n) is 20.1. The summed E-state index contributed by atoms with van der Waals surface area (Å²) in [6, 6.07) is -4.83. The fraction of sp³-hybridized carbons (Fsp3) is 0.762. The number of carbonyl (C=O) groups is 5. The minimum Gasteiger partial charge on any atom is -0.480 e. The number of hydrogen-bond donors (Lipinski definition) is 8. The van der Waals surface area contributed by atoms with Crippen molar-refractivity contribution in [1.82, 2.24) is 16.0 Å². The number of nitrogens with one attached hydrogen (secondary N) is 3. The standard InChI is InChI=1S/C21H40N6O7/c1-11(2)10-15(26-18(30)13(23)7-8-16(24)29)19(31)27-17(12(3)28)20(32)25-14(21(33)34)6-4-5-9-22/h11-15,17,28H,4-10,22-23H2,1-3H3,(H2,24,29)(H,25,32)(H,26,30)(H,27,31)(H,33,34). The molecule has 0 fully saturated rings. The summed E-state index contributed by atoms with van der Waals surface area (Å²) >= 11 is 0. The Hall–Kier alpha value is -2.77. The fourth-order valence-electron chi connectivity index (χ4n) is 3.08. The number of primary amides is 1. The highest BCUT2D eigenvalue weighted by Crippen LogP contribution is 2.08. The average Bonchev–Trinajstić information content (AvgIpc) is 2.73. The normalized spacial score (nSPS) is 15.5. The molecule has 0 aliphatic carbocycles. The van der Waals surface area contributed by atoms with Gasteiger partial charge in [0.25, 0.3) is 0 Å². The summed E-state index contributed by atoms with van der Waals surface area (Å²) in [6.07, 6.45) is -0.0755. The van der Waals surface area contributed by atoms with Crippen molar-refractivity contribution in [2.45, 2.75) is 89.6 Å². The van der Waals surface area contributed by atoms with E-state index in [1.165, 1.54) is 6.92 Å². The van der Waals surface area contributed by atoms with Gasteiger partial charge in [0.15, 0.2) is 0 Å². The largest absolute Gasteiger partial charge is 0.480 e. The van der Waals surface area contributed by atoms with Crippen molar-refractivity contribution in [3.05, 3.63) is 0 Å². The molecule has 0 aliphatic heterocycles. The van der Waals surface area contributed by atoms with E-state index in [4.69, 9.17) is 17.2 Å². The van der Waals surface area contributed by atoms with Crippen LogP contribution < -0.4 is 33.2 Å². The van der Waals surface area contributed by atoms with E-state index >= 15 is 0 Å². The number of hydrogen-bond acceptors (Lipinski definition) is 8. The van der Waals surface area contributed by atoms with E-state index in [9.17, 15) is 34.2 Å². The monoisotopic (exact) mass is 488 g/mol. The number of aliphatic carboxylic acids is 1. The first-order chi connectivity index (χ1) is 15.8. The van der Waals surface area contributed by atoms with Gasteiger partial charge in [-0.25, -0.2) is 4.79 Å². The van der Waals surface area contributed by atoms with Gasteiger partial charge >= 0.3 is 5.97 Å². The quantitative estimate of drug-likeness (QED) is 0.102. The van der Waals surface area contributed by atoms with Gasteiger partial charge in [0.05, 0.1) is 12.1 Å². The number of aliphatic hydroxyl groups excluding tert-OH is 1. The molecular weight excluding hydrogens is 448 g/mol. The van der Waals surface area contributed by atoms with Gasteiger partial charge in [0.1, 0.15) is 18.1 Å². The van der Waals surface area contributed by atoms with Gasteiger partial charge in [-0.1, -0.05) is 13.8 Å². The number of rotatable bonds is 17. The predicted molar refractivity (Wildman–Crippen MR) is 124 cm³/mol. The van der Waals surface area contributed by atoms with Crippen LogP contribution in [0.4, 0.5) is 0 Å². The summed E-state index contributed by atoms with van der Waals surface area (Å²) < 4.78 is 0. The van der Waals surface area contributed by atoms with Gasteiger partial charge in [-0.2, -0.15) is 0 Å². The minimum atomic E-state index is -1.46. The van der Waals surface area contributed by atoms with E-state index in [-0.39, 0.29) is 31.6 Å². The third-order valence-electron chi connectivity index (χ3n) is 5.00. The van der Waals surface area contributed by atoms with Crippen LogP contribution in [-0.4, -0.2) is 76.6 Å². The summed E-state index contributed by atoms with van der Waals surface area (Å²) in [4.78, 5) is 60.3. The summed E-state index contributed by atoms with van der Waals surface area (Å²) in [5, 5.41) is 26.6. The molecule has 11 N–H and O–H groups in total. The van der Waals surface area contributed by atoms with Crippen LogP contribution in [-0.2, 0) is 24.0 Å². The molecule has 0 spiro atoms. The van der Waals surface area contributed by atoms with E-state index in [0.29, 0.717) is 19.4 Å². The molecule has 0 saturated carbocycles. The summed E-state index contributed by atoms with van der Waals surface area (Å²) in [5.41, 5.74) is 16.2. The van der Waals surface area contributed by atoms with Crippen molar-refractivity contribution < 1.29 is 34.2 Å². The molecule has 0 rings (SSSR count). The number of carbonyl (C=O) groups excluding carboxylic acids is 4. The highest BCUT2D eigenvalue weighted by atomic mass is 16.4. The maximum atomic E-state index is 12.9. The smallest absolute Gasteiger partial charge is 0.326 e. The van der Waals surface area contributed by atoms with E-state index in [0.717, 1.165) is 0 Å². The van der Waals surface area contributed by atoms with Crippen LogP contribution >= 0.6 is 0 Å². The molecule has 13 heteroatoms. The van der Waals surface area contributed by atoms with Crippen LogP contribution in [0.5, 0.6) is 0 Å². The maximum absolute atomic E-state index is 12.9. The van der Waals surface area contributed by atoms with Crippen molar-refractivity contribution in [2.75, 3.05) is 6.54 Å². The number of aliphatic hydroxyl groups is 1. The van der Waals surface area contributed by atoms with Crippen LogP contribution in [0.2, 0.25) is 0 Å². The molecule has 5 atom stereocenters. The van der Waals surface area contributed by atoms with Crippen molar-refractivity contribution in [3.8, 4) is 0 Å². The van der Waals surface area contributed by atoms with Gasteiger partial charge in [-0.05, 0) is 51.5 Å². The molecule has 0 heterocycles. The third kappa shape index (κ3) is 12.5. The van der Waals surface area contributed by atoms with E-state index in [1.807, 2.05) is 13.8 Å². The molecule has 0 aromatic carbocycles. The zero-order valence-corrected chi connectivity index (χ0v) is 20.1. The molecule has 196 valence electrons. The zero-order chi connectivity index (χ0) is 26.4. The average molecular weight is 489 g/mol. The number of unbranched alkanes of at least 4 members (excludes halogenated alkanes) is 1. The Morgan fingerprint density at radius 2 is 1.44 bits per heavy atom. The molecule has 5 unspecified atom stereocenters. The van der Waals surface area contributed by atoms with Gasteiger partial charge in [0, 0.05) is 6.42 Å². The summed E-state index contributed by atoms with van der Waals surface area (Å²) in [5.74, 6) is -4.21. The summed E-state index contributed by atoms with van der Waals surface area (Å²) in [6.45, 7) is 5.28. The fourth-order valence-corrected chi connectivity index (χ4v) is 3.08. The molecule has 0 radical (unpaired) electrons. The Labute approximate surface area is 199 Å². The third-order valence-corrected chi connectivity index (χ3v) is 5.00. The first kappa shape index (κ1) is 31.2. The second-order valence-electron chi connectivity index (χ2n) is 8.71. The van der Waals surface area contributed by atoms with E-state index < -0.39 is 59.9 Å². The lowest BCUT2D eigenvalue weighted by Gasteiger charge is -2.27. The number of nitrogens with two attached hydrogens (primary N) is 3. The van der Waals surface area contributed by atoms with Gasteiger partial charge in [-0.3, -0.25) is 19.2 Å². The SMILES string of the molecule is CC(C)CC(NC(=O)C(N)CCC(N)=O)C(=O)NC(C(=O)NC(CCCCN)C(=O)O)C(C)O. The lowest BCUT2D eigenvalue weighted by molar-refractivity contribution is -0.143. The van der Waals surface area contributed by atoms with Crippen molar-refractivity contribution in [1.29, 1.82) is 0 Å². The molecule has 13 nitrogen and oxygen atoms in total. The molecule has 0 aliphatic rings. The van der Waals surface area contributed by atoms with Crippen LogP contribution in [0.1, 0.15) is 59.3 Å². The van der Waals surface area contributed by atoms with Crippen molar-refractivity contribution >= 4 is 29.6 Å². The van der Waals surface area contributed by atoms with Gasteiger partial charge in [-0.15, -0.1) is 0 Å². The lowest BCUT2D eigenvalue weighted by atomic mass is 10.0. The van der Waals surface area contributed by atoms with Crippen LogP contribution in [0.15, 0.2) is 0 Å². The van der Waals surface area contributed by atoms with Crippen molar-refractivity contribution in [3.63, 3.8) is 0 Å². The molecular formula is C21H40N6O7. The number of amides is 4. The first-order valence-electron chi connectivity index (χ1n) is 11.4. The highest BCUT2D eigenvalue weighted by Gasteiger charge is 2.32. The van der Waals surface area contributed by atoms with Crippen LogP contribution in [0, 0.1) is 5.92 Å². The van der Waals surface area contributed by atoms with Gasteiger partial charge in [0.2, 0.25) is 23.6 Å². The molecule has 34 heavy (non-hydrogen) atoms. The Morgan fingerprint density at radius 3 is 1.91 bits per heavy atom. The molecule has 0 saturated heterocycles. The second kappa shape index (κ2) is 16.0. The number of carboxylic acid groups (broad SMARTS) is 1. The Morgan fingerprint density at radius 1 is 0.853 bits per heavy atom. The van der Waals surface area contributed by atoms with E-state index in [2.05, 4.69) is 16.0 Å². The highest BCUT2D eigenvalue weighted by molar-refractivity contribution is 5.94. The van der Waals surface area contributed by atoms with Gasteiger partial charge < -0.3 is 43.4 Å². The van der Waals surface area contributed by atoms with Crippen molar-refractivity contribution in [2.24, 2.45) is 23.1 Å².